The third kappa shape index (κ3) is 1.67. The van der Waals surface area contributed by atoms with Crippen LogP contribution in [0.3, 0.4) is 0 Å². The molecule has 0 bridgehead atoms. The second-order valence-electron chi connectivity index (χ2n) is 4.72. The van der Waals surface area contributed by atoms with Crippen LogP contribution in [0.2, 0.25) is 0 Å². The topological polar surface area (TPSA) is 83.1 Å². The van der Waals surface area contributed by atoms with Gasteiger partial charge in [-0.15, -0.1) is 0 Å². The van der Waals surface area contributed by atoms with E-state index >= 15 is 0 Å². The van der Waals surface area contributed by atoms with Crippen molar-refractivity contribution in [1.82, 2.24) is 4.57 Å². The summed E-state index contributed by atoms with van der Waals surface area (Å²) in [6, 6.07) is 5.94. The maximum absolute atomic E-state index is 13.3. The average molecular weight is 272 g/mol. The van der Waals surface area contributed by atoms with Crippen molar-refractivity contribution in [1.29, 1.82) is 5.26 Å². The summed E-state index contributed by atoms with van der Waals surface area (Å²) in [4.78, 5) is 23.2. The lowest BCUT2D eigenvalue weighted by Crippen LogP contribution is -2.19. The lowest BCUT2D eigenvalue weighted by Gasteiger charge is -2.12. The van der Waals surface area contributed by atoms with Gasteiger partial charge in [-0.05, 0) is 12.1 Å². The Balaban J connectivity index is 2.46. The lowest BCUT2D eigenvalue weighted by atomic mass is 10.1. The summed E-state index contributed by atoms with van der Waals surface area (Å²) in [6.45, 7) is 0. The average Bonchev–Trinajstić information content (AvgIpc) is 3.15. The third-order valence-corrected chi connectivity index (χ3v) is 3.44. The van der Waals surface area contributed by atoms with Gasteiger partial charge in [0.05, 0.1) is 17.1 Å². The minimum Gasteiger partial charge on any atom is -0.477 e. The molecule has 1 aromatic carbocycles. The number of nitrogens with zero attached hydrogens (tertiary/aromatic N) is 2. The number of aromatic carboxylic acids is 1. The van der Waals surface area contributed by atoms with Crippen molar-refractivity contribution < 1.29 is 14.3 Å². The molecule has 0 spiro atoms. The highest BCUT2D eigenvalue weighted by atomic mass is 19.1. The highest BCUT2D eigenvalue weighted by Gasteiger charge is 2.40. The van der Waals surface area contributed by atoms with Gasteiger partial charge < -0.3 is 9.67 Å². The second-order valence-corrected chi connectivity index (χ2v) is 4.72. The molecule has 100 valence electrons. The summed E-state index contributed by atoms with van der Waals surface area (Å²) in [6.07, 6.45) is 0.323. The van der Waals surface area contributed by atoms with Crippen molar-refractivity contribution in [3.8, 4) is 6.07 Å². The number of pyridine rings is 1. The van der Waals surface area contributed by atoms with Crippen LogP contribution in [0.4, 0.5) is 4.39 Å². The zero-order valence-electron chi connectivity index (χ0n) is 10.2. The van der Waals surface area contributed by atoms with Gasteiger partial charge >= 0.3 is 5.97 Å². The first kappa shape index (κ1) is 12.4. The number of nitriles is 1. The summed E-state index contributed by atoms with van der Waals surface area (Å²) < 4.78 is 14.7. The van der Waals surface area contributed by atoms with Gasteiger partial charge in [0, 0.05) is 18.0 Å². The maximum Gasteiger partial charge on any atom is 0.341 e. The second kappa shape index (κ2) is 4.17. The Morgan fingerprint density at radius 2 is 2.20 bits per heavy atom. The molecule has 20 heavy (non-hydrogen) atoms. The van der Waals surface area contributed by atoms with Gasteiger partial charge in [-0.2, -0.15) is 5.26 Å². The fourth-order valence-corrected chi connectivity index (χ4v) is 2.36. The van der Waals surface area contributed by atoms with Gasteiger partial charge in [0.2, 0.25) is 5.43 Å². The summed E-state index contributed by atoms with van der Waals surface area (Å²) in [5, 5.41) is 18.3. The molecule has 0 amide bonds. The molecule has 1 N–H and O–H groups in total. The minimum atomic E-state index is -1.36. The number of benzene rings is 1. The Morgan fingerprint density at radius 1 is 1.50 bits per heavy atom. The van der Waals surface area contributed by atoms with Crippen LogP contribution in [0.5, 0.6) is 0 Å². The fourth-order valence-electron chi connectivity index (χ4n) is 2.36. The molecule has 1 heterocycles. The van der Waals surface area contributed by atoms with Crippen LogP contribution in [-0.4, -0.2) is 21.8 Å². The Bertz CT molecular complexity index is 835. The number of rotatable bonds is 2. The van der Waals surface area contributed by atoms with Crippen molar-refractivity contribution >= 4 is 16.9 Å². The minimum absolute atomic E-state index is 0.128. The lowest BCUT2D eigenvalue weighted by molar-refractivity contribution is 0.0694. The molecule has 0 radical (unpaired) electrons. The fraction of sp³-hybridized carbons (Fsp3) is 0.214. The van der Waals surface area contributed by atoms with Crippen LogP contribution in [0.1, 0.15) is 28.4 Å². The number of carbonyl (C=O) groups is 1. The van der Waals surface area contributed by atoms with Crippen LogP contribution < -0.4 is 5.43 Å². The number of carboxylic acid groups (broad SMARTS) is 1. The number of hydrogen-bond donors (Lipinski definition) is 1. The molecule has 1 aliphatic rings. The van der Waals surface area contributed by atoms with Crippen molar-refractivity contribution in [2.75, 3.05) is 0 Å². The van der Waals surface area contributed by atoms with Crippen molar-refractivity contribution in [3.05, 3.63) is 45.7 Å². The van der Waals surface area contributed by atoms with E-state index in [9.17, 15) is 14.0 Å². The molecular formula is C14H9FN2O3. The number of hydrogen-bond acceptors (Lipinski definition) is 3. The van der Waals surface area contributed by atoms with E-state index in [-0.39, 0.29) is 17.4 Å². The number of aromatic nitrogens is 1. The molecule has 2 atom stereocenters. The smallest absolute Gasteiger partial charge is 0.341 e. The Labute approximate surface area is 112 Å². The van der Waals surface area contributed by atoms with Crippen molar-refractivity contribution in [2.24, 2.45) is 0 Å². The van der Waals surface area contributed by atoms with E-state index in [0.717, 1.165) is 6.20 Å². The number of carboxylic acids is 1. The Hall–Kier alpha value is -2.68. The van der Waals surface area contributed by atoms with E-state index in [0.29, 0.717) is 5.52 Å². The third-order valence-electron chi connectivity index (χ3n) is 3.44. The van der Waals surface area contributed by atoms with Crippen LogP contribution in [0, 0.1) is 11.3 Å². The normalized spacial score (nSPS) is 20.6. The van der Waals surface area contributed by atoms with Crippen LogP contribution in [0.25, 0.3) is 10.9 Å². The largest absolute Gasteiger partial charge is 0.477 e. The quantitative estimate of drug-likeness (QED) is 0.904. The van der Waals surface area contributed by atoms with E-state index < -0.39 is 29.2 Å². The first-order chi connectivity index (χ1) is 9.54. The highest BCUT2D eigenvalue weighted by Crippen LogP contribution is 2.40. The predicted octanol–water partition coefficient (Wildman–Crippen LogP) is 1.85. The standard InChI is InChI=1S/C14H9FN2O3/c15-10-4-11(10)17-6-9(14(19)20)13(18)8-3-1-2-7(5-16)12(8)17/h1-3,6,10-11H,4H2,(H,19,20)/t10-,11+/m0/s1. The number of alkyl halides is 1. The molecule has 0 saturated heterocycles. The molecule has 1 aromatic heterocycles. The van der Waals surface area contributed by atoms with Gasteiger partial charge in [0.1, 0.15) is 17.8 Å². The zero-order chi connectivity index (χ0) is 14.4. The SMILES string of the molecule is N#Cc1cccc2c(=O)c(C(=O)O)cn([C@@H]3C[C@@H]3F)c12. The summed E-state index contributed by atoms with van der Waals surface area (Å²) >= 11 is 0. The number of para-hydroxylation sites is 1. The van der Waals surface area contributed by atoms with E-state index in [4.69, 9.17) is 10.4 Å². The van der Waals surface area contributed by atoms with E-state index in [1.807, 2.05) is 6.07 Å². The molecule has 5 nitrogen and oxygen atoms in total. The Kier molecular flexibility index (Phi) is 2.57. The van der Waals surface area contributed by atoms with Gasteiger partial charge in [0.15, 0.2) is 0 Å². The molecule has 0 unspecified atom stereocenters. The predicted molar refractivity (Wildman–Crippen MR) is 68.4 cm³/mol. The molecule has 3 rings (SSSR count). The Morgan fingerprint density at radius 3 is 2.75 bits per heavy atom. The molecule has 0 aliphatic heterocycles. The van der Waals surface area contributed by atoms with Gasteiger partial charge in [-0.1, -0.05) is 6.07 Å². The molecule has 2 aromatic rings. The summed E-state index contributed by atoms with van der Waals surface area (Å²) in [5.74, 6) is -1.36. The maximum atomic E-state index is 13.3. The first-order valence-corrected chi connectivity index (χ1v) is 6.00. The van der Waals surface area contributed by atoms with E-state index in [2.05, 4.69) is 0 Å². The zero-order valence-corrected chi connectivity index (χ0v) is 10.2. The molecular weight excluding hydrogens is 263 g/mol. The summed E-state index contributed by atoms with van der Waals surface area (Å²) in [5.41, 5.74) is -0.533. The summed E-state index contributed by atoms with van der Waals surface area (Å²) in [7, 11) is 0. The van der Waals surface area contributed by atoms with Gasteiger partial charge in [0.25, 0.3) is 0 Å². The van der Waals surface area contributed by atoms with Crippen molar-refractivity contribution in [2.45, 2.75) is 18.6 Å². The number of halogens is 1. The van der Waals surface area contributed by atoms with Crippen LogP contribution >= 0.6 is 0 Å². The molecule has 1 saturated carbocycles. The molecule has 1 aliphatic carbocycles. The van der Waals surface area contributed by atoms with Gasteiger partial charge in [-0.3, -0.25) is 4.79 Å². The van der Waals surface area contributed by atoms with Crippen LogP contribution in [0.15, 0.2) is 29.2 Å². The van der Waals surface area contributed by atoms with E-state index in [1.54, 1.807) is 0 Å². The van der Waals surface area contributed by atoms with E-state index in [1.165, 1.54) is 22.8 Å². The molecule has 6 heteroatoms. The number of fused-ring (bicyclic) bond motifs is 1. The van der Waals surface area contributed by atoms with Gasteiger partial charge in [-0.25, -0.2) is 9.18 Å². The first-order valence-electron chi connectivity index (χ1n) is 6.00. The molecule has 1 fully saturated rings. The highest BCUT2D eigenvalue weighted by molar-refractivity contribution is 5.94. The van der Waals surface area contributed by atoms with Crippen LogP contribution in [-0.2, 0) is 0 Å². The van der Waals surface area contributed by atoms with Crippen molar-refractivity contribution in [3.63, 3.8) is 0 Å². The monoisotopic (exact) mass is 272 g/mol.